The molecule has 0 aliphatic rings. The third kappa shape index (κ3) is 3.58. The lowest BCUT2D eigenvalue weighted by Crippen LogP contribution is -2.43. The molecular formula is C13H23NOS. The Morgan fingerprint density at radius 3 is 2.62 bits per heavy atom. The molecule has 0 fully saturated rings. The quantitative estimate of drug-likeness (QED) is 0.826. The molecule has 0 amide bonds. The Morgan fingerprint density at radius 2 is 2.12 bits per heavy atom. The van der Waals surface area contributed by atoms with Crippen LogP contribution >= 0.6 is 11.3 Å². The van der Waals surface area contributed by atoms with Gasteiger partial charge >= 0.3 is 0 Å². The van der Waals surface area contributed by atoms with Gasteiger partial charge in [-0.05, 0) is 25.3 Å². The summed E-state index contributed by atoms with van der Waals surface area (Å²) in [5, 5.41) is 5.68. The van der Waals surface area contributed by atoms with E-state index in [0.29, 0.717) is 6.04 Å². The first-order valence-corrected chi connectivity index (χ1v) is 6.65. The highest BCUT2D eigenvalue weighted by atomic mass is 32.1. The zero-order valence-electron chi connectivity index (χ0n) is 10.9. The lowest BCUT2D eigenvalue weighted by molar-refractivity contribution is 0.0870. The van der Waals surface area contributed by atoms with Gasteiger partial charge in [-0.25, -0.2) is 0 Å². The fraction of sp³-hybridized carbons (Fsp3) is 0.692. The van der Waals surface area contributed by atoms with Crippen LogP contribution in [0.15, 0.2) is 17.5 Å². The second-order valence-corrected chi connectivity index (χ2v) is 5.92. The van der Waals surface area contributed by atoms with Crippen molar-refractivity contribution in [3.63, 3.8) is 0 Å². The van der Waals surface area contributed by atoms with Crippen LogP contribution in [0.25, 0.3) is 0 Å². The Hall–Kier alpha value is -0.380. The highest BCUT2D eigenvalue weighted by molar-refractivity contribution is 7.10. The lowest BCUT2D eigenvalue weighted by atomic mass is 9.91. The molecule has 92 valence electrons. The van der Waals surface area contributed by atoms with E-state index in [-0.39, 0.29) is 11.5 Å². The predicted molar refractivity (Wildman–Crippen MR) is 71.3 cm³/mol. The van der Waals surface area contributed by atoms with Crippen LogP contribution in [0.5, 0.6) is 0 Å². The van der Waals surface area contributed by atoms with E-state index in [2.05, 4.69) is 50.5 Å². The minimum atomic E-state index is 0.190. The van der Waals surface area contributed by atoms with Gasteiger partial charge in [-0.3, -0.25) is 0 Å². The van der Waals surface area contributed by atoms with E-state index in [1.165, 1.54) is 4.88 Å². The summed E-state index contributed by atoms with van der Waals surface area (Å²) < 4.78 is 5.31. The van der Waals surface area contributed by atoms with E-state index in [9.17, 15) is 0 Å². The van der Waals surface area contributed by atoms with Crippen LogP contribution < -0.4 is 5.32 Å². The second kappa shape index (κ2) is 5.80. The van der Waals surface area contributed by atoms with E-state index in [1.807, 2.05) is 11.3 Å². The fourth-order valence-corrected chi connectivity index (χ4v) is 2.39. The standard InChI is InChI=1S/C13H23NOS/c1-10(11(2)15-5)14-9-13(3,4)12-7-6-8-16-12/h6-8,10-11,14H,9H2,1-5H3. The van der Waals surface area contributed by atoms with Gasteiger partial charge in [-0.15, -0.1) is 11.3 Å². The molecule has 2 nitrogen and oxygen atoms in total. The summed E-state index contributed by atoms with van der Waals surface area (Å²) in [6.07, 6.45) is 0.249. The van der Waals surface area contributed by atoms with E-state index in [0.717, 1.165) is 6.54 Å². The van der Waals surface area contributed by atoms with Crippen LogP contribution in [-0.4, -0.2) is 25.8 Å². The molecule has 0 saturated carbocycles. The molecule has 0 spiro atoms. The molecule has 0 aliphatic heterocycles. The maximum atomic E-state index is 5.31. The number of thiophene rings is 1. The van der Waals surface area contributed by atoms with Crippen LogP contribution in [0.2, 0.25) is 0 Å². The maximum absolute atomic E-state index is 5.31. The Balaban J connectivity index is 2.48. The van der Waals surface area contributed by atoms with Crippen molar-refractivity contribution in [2.45, 2.75) is 45.3 Å². The van der Waals surface area contributed by atoms with Gasteiger partial charge in [0.25, 0.3) is 0 Å². The molecule has 2 atom stereocenters. The molecular weight excluding hydrogens is 218 g/mol. The third-order valence-electron chi connectivity index (χ3n) is 3.13. The minimum Gasteiger partial charge on any atom is -0.380 e. The van der Waals surface area contributed by atoms with Crippen molar-refractivity contribution >= 4 is 11.3 Å². The van der Waals surface area contributed by atoms with Crippen LogP contribution in [-0.2, 0) is 10.2 Å². The minimum absolute atomic E-state index is 0.190. The summed E-state index contributed by atoms with van der Waals surface area (Å²) in [4.78, 5) is 1.43. The number of rotatable bonds is 6. The average Bonchev–Trinajstić information content (AvgIpc) is 2.78. The SMILES string of the molecule is COC(C)C(C)NCC(C)(C)c1cccs1. The van der Waals surface area contributed by atoms with Crippen LogP contribution in [0.4, 0.5) is 0 Å². The van der Waals surface area contributed by atoms with Crippen molar-refractivity contribution in [1.29, 1.82) is 0 Å². The molecule has 16 heavy (non-hydrogen) atoms. The van der Waals surface area contributed by atoms with E-state index in [4.69, 9.17) is 4.74 Å². The van der Waals surface area contributed by atoms with Gasteiger partial charge in [0.2, 0.25) is 0 Å². The Kier molecular flexibility index (Phi) is 4.96. The molecule has 0 aliphatic carbocycles. The first-order valence-electron chi connectivity index (χ1n) is 5.77. The fourth-order valence-electron chi connectivity index (χ4n) is 1.54. The topological polar surface area (TPSA) is 21.3 Å². The molecule has 0 radical (unpaired) electrons. The smallest absolute Gasteiger partial charge is 0.0693 e. The van der Waals surface area contributed by atoms with Crippen LogP contribution in [0, 0.1) is 0 Å². The van der Waals surface area contributed by atoms with Gasteiger partial charge in [0, 0.05) is 30.0 Å². The number of hydrogen-bond acceptors (Lipinski definition) is 3. The number of nitrogens with one attached hydrogen (secondary N) is 1. The molecule has 0 aromatic carbocycles. The van der Waals surface area contributed by atoms with Gasteiger partial charge in [-0.2, -0.15) is 0 Å². The predicted octanol–water partition coefficient (Wildman–Crippen LogP) is 3.04. The van der Waals surface area contributed by atoms with Crippen molar-refractivity contribution in [3.8, 4) is 0 Å². The van der Waals surface area contributed by atoms with Crippen molar-refractivity contribution in [3.05, 3.63) is 22.4 Å². The summed E-state index contributed by atoms with van der Waals surface area (Å²) in [5.41, 5.74) is 0.190. The van der Waals surface area contributed by atoms with Gasteiger partial charge in [0.05, 0.1) is 6.10 Å². The van der Waals surface area contributed by atoms with Gasteiger partial charge in [0.1, 0.15) is 0 Å². The molecule has 1 aromatic rings. The highest BCUT2D eigenvalue weighted by Gasteiger charge is 2.23. The third-order valence-corrected chi connectivity index (χ3v) is 4.37. The number of hydrogen-bond donors (Lipinski definition) is 1. The highest BCUT2D eigenvalue weighted by Crippen LogP contribution is 2.26. The largest absolute Gasteiger partial charge is 0.380 e. The van der Waals surface area contributed by atoms with Crippen LogP contribution in [0.1, 0.15) is 32.6 Å². The van der Waals surface area contributed by atoms with Gasteiger partial charge in [0.15, 0.2) is 0 Å². The molecule has 1 heterocycles. The Bertz CT molecular complexity index is 295. The number of methoxy groups -OCH3 is 1. The van der Waals surface area contributed by atoms with Gasteiger partial charge < -0.3 is 10.1 Å². The Labute approximate surface area is 103 Å². The van der Waals surface area contributed by atoms with E-state index >= 15 is 0 Å². The van der Waals surface area contributed by atoms with E-state index in [1.54, 1.807) is 7.11 Å². The van der Waals surface area contributed by atoms with Crippen LogP contribution in [0.3, 0.4) is 0 Å². The monoisotopic (exact) mass is 241 g/mol. The van der Waals surface area contributed by atoms with Crippen molar-refractivity contribution in [2.24, 2.45) is 0 Å². The average molecular weight is 241 g/mol. The van der Waals surface area contributed by atoms with E-state index < -0.39 is 0 Å². The lowest BCUT2D eigenvalue weighted by Gasteiger charge is -2.28. The molecule has 3 heteroatoms. The molecule has 1 aromatic heterocycles. The second-order valence-electron chi connectivity index (χ2n) is 4.97. The summed E-state index contributed by atoms with van der Waals surface area (Å²) >= 11 is 1.82. The first-order chi connectivity index (χ1) is 7.47. The van der Waals surface area contributed by atoms with Crippen molar-refractivity contribution in [1.82, 2.24) is 5.32 Å². The first kappa shape index (κ1) is 13.7. The molecule has 0 saturated heterocycles. The summed E-state index contributed by atoms with van der Waals surface area (Å²) in [7, 11) is 1.76. The molecule has 2 unspecified atom stereocenters. The Morgan fingerprint density at radius 1 is 1.44 bits per heavy atom. The summed E-state index contributed by atoms with van der Waals surface area (Å²) in [6.45, 7) is 9.78. The molecule has 0 bridgehead atoms. The van der Waals surface area contributed by atoms with Crippen molar-refractivity contribution < 1.29 is 4.74 Å². The van der Waals surface area contributed by atoms with Gasteiger partial charge in [-0.1, -0.05) is 19.9 Å². The maximum Gasteiger partial charge on any atom is 0.0693 e. The number of ether oxygens (including phenoxy) is 1. The molecule has 1 N–H and O–H groups in total. The summed E-state index contributed by atoms with van der Waals surface area (Å²) in [6, 6.07) is 4.70. The normalized spacial score (nSPS) is 16.1. The summed E-state index contributed by atoms with van der Waals surface area (Å²) in [5.74, 6) is 0. The zero-order valence-corrected chi connectivity index (χ0v) is 11.7. The molecule has 1 rings (SSSR count). The van der Waals surface area contributed by atoms with Crippen molar-refractivity contribution in [2.75, 3.05) is 13.7 Å². The zero-order chi connectivity index (χ0) is 12.2.